The van der Waals surface area contributed by atoms with Crippen LogP contribution in [0.1, 0.15) is 18.4 Å². The molecule has 0 saturated heterocycles. The van der Waals surface area contributed by atoms with Gasteiger partial charge in [0.05, 0.1) is 11.2 Å². The standard InChI is InChI=1S/C19H24O3Si/c1-23(2,3)22-17-10-14-9-15(17)19(11-16(14)19)18(20)21-12-13-7-5-4-6-8-13/h4-8,10,14-16H,9,11-12H2,1-3H3/t14-,15+,16?,19+/m1/s1. The Bertz CT molecular complexity index is 661. The lowest BCUT2D eigenvalue weighted by Crippen LogP contribution is -2.33. The Morgan fingerprint density at radius 1 is 1.26 bits per heavy atom. The van der Waals surface area contributed by atoms with E-state index in [1.807, 2.05) is 30.3 Å². The quantitative estimate of drug-likeness (QED) is 0.602. The molecule has 3 aliphatic carbocycles. The molecule has 2 saturated carbocycles. The lowest BCUT2D eigenvalue weighted by molar-refractivity contribution is -0.153. The molecule has 122 valence electrons. The van der Waals surface area contributed by atoms with Crippen LogP contribution in [-0.4, -0.2) is 14.3 Å². The van der Waals surface area contributed by atoms with E-state index < -0.39 is 8.32 Å². The van der Waals surface area contributed by atoms with E-state index in [-0.39, 0.29) is 17.3 Å². The van der Waals surface area contributed by atoms with Crippen molar-refractivity contribution in [2.24, 2.45) is 23.2 Å². The van der Waals surface area contributed by atoms with E-state index >= 15 is 0 Å². The van der Waals surface area contributed by atoms with Crippen LogP contribution in [0.2, 0.25) is 19.6 Å². The number of carbonyl (C=O) groups is 1. The molecule has 3 aliphatic rings. The van der Waals surface area contributed by atoms with E-state index in [9.17, 15) is 4.79 Å². The highest BCUT2D eigenvalue weighted by atomic mass is 28.4. The summed E-state index contributed by atoms with van der Waals surface area (Å²) in [5.74, 6) is 2.34. The molecule has 0 N–H and O–H groups in total. The maximum atomic E-state index is 12.8. The van der Waals surface area contributed by atoms with E-state index in [4.69, 9.17) is 9.16 Å². The molecule has 1 aromatic carbocycles. The predicted molar refractivity (Wildman–Crippen MR) is 90.9 cm³/mol. The molecular formula is C19H24O3Si. The smallest absolute Gasteiger partial charge is 0.313 e. The van der Waals surface area contributed by atoms with Gasteiger partial charge in [0.2, 0.25) is 8.32 Å². The Hall–Kier alpha value is -1.55. The van der Waals surface area contributed by atoms with Crippen LogP contribution < -0.4 is 0 Å². The molecule has 0 aromatic heterocycles. The van der Waals surface area contributed by atoms with Crippen molar-refractivity contribution in [1.29, 1.82) is 0 Å². The summed E-state index contributed by atoms with van der Waals surface area (Å²) in [5.41, 5.74) is 0.773. The van der Waals surface area contributed by atoms with Gasteiger partial charge >= 0.3 is 5.97 Å². The van der Waals surface area contributed by atoms with Gasteiger partial charge in [-0.3, -0.25) is 4.79 Å². The normalized spacial score (nSPS) is 33.9. The van der Waals surface area contributed by atoms with Crippen LogP contribution in [-0.2, 0) is 20.6 Å². The Morgan fingerprint density at radius 3 is 2.65 bits per heavy atom. The average Bonchev–Trinajstić information content (AvgIpc) is 3.05. The Kier molecular flexibility index (Phi) is 3.24. The van der Waals surface area contributed by atoms with Crippen molar-refractivity contribution in [3.8, 4) is 0 Å². The van der Waals surface area contributed by atoms with Crippen molar-refractivity contribution in [2.75, 3.05) is 0 Å². The second-order valence-corrected chi connectivity index (χ2v) is 12.6. The average molecular weight is 328 g/mol. The minimum Gasteiger partial charge on any atom is -0.547 e. The van der Waals surface area contributed by atoms with Crippen LogP contribution >= 0.6 is 0 Å². The van der Waals surface area contributed by atoms with Crippen LogP contribution in [0, 0.1) is 23.2 Å². The van der Waals surface area contributed by atoms with Gasteiger partial charge in [0.25, 0.3) is 0 Å². The van der Waals surface area contributed by atoms with Crippen LogP contribution in [0.3, 0.4) is 0 Å². The van der Waals surface area contributed by atoms with Gasteiger partial charge in [0.1, 0.15) is 6.61 Å². The van der Waals surface area contributed by atoms with Gasteiger partial charge in [-0.15, -0.1) is 0 Å². The molecule has 23 heavy (non-hydrogen) atoms. The number of fused-ring (bicyclic) bond motifs is 5. The number of ether oxygens (including phenoxy) is 1. The zero-order valence-corrected chi connectivity index (χ0v) is 15.0. The molecule has 0 radical (unpaired) electrons. The maximum absolute atomic E-state index is 12.8. The summed E-state index contributed by atoms with van der Waals surface area (Å²) in [5, 5.41) is 0. The fourth-order valence-corrected chi connectivity index (χ4v) is 5.38. The van der Waals surface area contributed by atoms with E-state index in [2.05, 4.69) is 25.7 Å². The first-order chi connectivity index (χ1) is 10.9. The molecule has 2 bridgehead atoms. The zero-order valence-electron chi connectivity index (χ0n) is 14.0. The molecule has 0 spiro atoms. The predicted octanol–water partition coefficient (Wildman–Crippen LogP) is 4.12. The van der Waals surface area contributed by atoms with Gasteiger partial charge in [-0.25, -0.2) is 0 Å². The third kappa shape index (κ3) is 2.44. The van der Waals surface area contributed by atoms with Crippen molar-refractivity contribution in [2.45, 2.75) is 39.1 Å². The van der Waals surface area contributed by atoms with Gasteiger partial charge in [-0.1, -0.05) is 30.3 Å². The maximum Gasteiger partial charge on any atom is 0.313 e. The molecule has 3 nitrogen and oxygen atoms in total. The number of rotatable bonds is 5. The summed E-state index contributed by atoms with van der Waals surface area (Å²) >= 11 is 0. The zero-order chi connectivity index (χ0) is 16.2. The topological polar surface area (TPSA) is 35.5 Å². The van der Waals surface area contributed by atoms with E-state index in [1.165, 1.54) is 0 Å². The largest absolute Gasteiger partial charge is 0.547 e. The minimum atomic E-state index is -1.63. The summed E-state index contributed by atoms with van der Waals surface area (Å²) in [7, 11) is -1.63. The molecular weight excluding hydrogens is 304 g/mol. The van der Waals surface area contributed by atoms with Gasteiger partial charge in [0.15, 0.2) is 0 Å². The molecule has 0 aliphatic heterocycles. The van der Waals surface area contributed by atoms with Gasteiger partial charge in [-0.2, -0.15) is 0 Å². The minimum absolute atomic E-state index is 0.0105. The first-order valence-corrected chi connectivity index (χ1v) is 11.9. The second-order valence-electron chi connectivity index (χ2n) is 8.15. The van der Waals surface area contributed by atoms with Crippen molar-refractivity contribution in [1.82, 2.24) is 0 Å². The second kappa shape index (κ2) is 4.97. The Morgan fingerprint density at radius 2 is 2.00 bits per heavy atom. The van der Waals surface area contributed by atoms with Crippen molar-refractivity contribution in [3.63, 3.8) is 0 Å². The highest BCUT2D eigenvalue weighted by Gasteiger charge is 2.75. The lowest BCUT2D eigenvalue weighted by atomic mass is 9.89. The Balaban J connectivity index is 1.46. The van der Waals surface area contributed by atoms with Crippen molar-refractivity contribution < 1.29 is 14.0 Å². The lowest BCUT2D eigenvalue weighted by Gasteiger charge is -2.29. The number of carbonyl (C=O) groups excluding carboxylic acids is 1. The molecule has 0 amide bonds. The van der Waals surface area contributed by atoms with Crippen LogP contribution in [0.25, 0.3) is 0 Å². The van der Waals surface area contributed by atoms with Crippen LogP contribution in [0.15, 0.2) is 42.2 Å². The van der Waals surface area contributed by atoms with E-state index in [0.29, 0.717) is 18.4 Å². The molecule has 4 atom stereocenters. The monoisotopic (exact) mass is 328 g/mol. The molecule has 2 fully saturated rings. The number of benzene rings is 1. The number of allylic oxidation sites excluding steroid dienone is 2. The van der Waals surface area contributed by atoms with Gasteiger partial charge in [0, 0.05) is 5.92 Å². The van der Waals surface area contributed by atoms with Crippen molar-refractivity contribution in [3.05, 3.63) is 47.7 Å². The molecule has 4 heteroatoms. The Labute approximate surface area is 138 Å². The highest BCUT2D eigenvalue weighted by molar-refractivity contribution is 6.70. The summed E-state index contributed by atoms with van der Waals surface area (Å²) < 4.78 is 11.9. The third-order valence-corrected chi connectivity index (χ3v) is 6.29. The van der Waals surface area contributed by atoms with Gasteiger partial charge < -0.3 is 9.16 Å². The van der Waals surface area contributed by atoms with Gasteiger partial charge in [-0.05, 0) is 56.0 Å². The molecule has 1 aromatic rings. The number of hydrogen-bond acceptors (Lipinski definition) is 3. The first-order valence-electron chi connectivity index (χ1n) is 8.52. The summed E-state index contributed by atoms with van der Waals surface area (Å²) in [6.45, 7) is 6.97. The SMILES string of the molecule is C[Si](C)(C)OC1=C[C@H]2C[C@@H]1[C@@]1(C(=O)OCc3ccccc3)CC21. The first kappa shape index (κ1) is 15.0. The fourth-order valence-electron chi connectivity index (χ4n) is 4.46. The number of hydrogen-bond donors (Lipinski definition) is 0. The molecule has 4 rings (SSSR count). The van der Waals surface area contributed by atoms with E-state index in [1.54, 1.807) is 0 Å². The van der Waals surface area contributed by atoms with Crippen molar-refractivity contribution >= 4 is 14.3 Å². The molecule has 0 heterocycles. The van der Waals surface area contributed by atoms with Crippen LogP contribution in [0.4, 0.5) is 0 Å². The van der Waals surface area contributed by atoms with E-state index in [0.717, 1.165) is 24.2 Å². The summed E-state index contributed by atoms with van der Waals surface area (Å²) in [4.78, 5) is 12.8. The highest BCUT2D eigenvalue weighted by Crippen LogP contribution is 2.74. The summed E-state index contributed by atoms with van der Waals surface area (Å²) in [6, 6.07) is 9.91. The third-order valence-electron chi connectivity index (χ3n) is 5.44. The van der Waals surface area contributed by atoms with Crippen LogP contribution in [0.5, 0.6) is 0 Å². The molecule has 1 unspecified atom stereocenters. The number of esters is 1. The fraction of sp³-hybridized carbons (Fsp3) is 0.526. The summed E-state index contributed by atoms with van der Waals surface area (Å²) in [6.07, 6.45) is 4.35.